The highest BCUT2D eigenvalue weighted by molar-refractivity contribution is 6.32. The minimum atomic E-state index is 0.494. The van der Waals surface area contributed by atoms with E-state index in [1.54, 1.807) is 19.4 Å². The summed E-state index contributed by atoms with van der Waals surface area (Å²) >= 11 is 6.28. The smallest absolute Gasteiger partial charge is 0.179 e. The van der Waals surface area contributed by atoms with Gasteiger partial charge in [0.05, 0.1) is 37.2 Å². The van der Waals surface area contributed by atoms with Crippen molar-refractivity contribution in [2.75, 3.05) is 25.7 Å². The first-order valence-electron chi connectivity index (χ1n) is 7.70. The van der Waals surface area contributed by atoms with Crippen LogP contribution in [0.4, 0.5) is 5.69 Å². The molecule has 0 atom stereocenters. The Kier molecular flexibility index (Phi) is 6.75. The van der Waals surface area contributed by atoms with Gasteiger partial charge in [-0.15, -0.1) is 0 Å². The molecular weight excluding hydrogens is 328 g/mol. The van der Waals surface area contributed by atoms with Gasteiger partial charge in [-0.05, 0) is 55.8 Å². The Balaban J connectivity index is 2.12. The zero-order valence-corrected chi connectivity index (χ0v) is 14.8. The number of hydrazone groups is 1. The maximum absolute atomic E-state index is 6.28. The van der Waals surface area contributed by atoms with Crippen LogP contribution in [-0.2, 0) is 0 Å². The average Bonchev–Trinajstić information content (AvgIpc) is 2.59. The molecule has 2 rings (SSSR count). The van der Waals surface area contributed by atoms with Gasteiger partial charge < -0.3 is 14.2 Å². The molecule has 128 valence electrons. The molecule has 6 heteroatoms. The van der Waals surface area contributed by atoms with Crippen LogP contribution >= 0.6 is 11.6 Å². The standard InChI is InChI=1S/C18H21ClN2O3/c1-4-23-17-11-13(10-16(19)18(17)24-5-2)12-20-21-14-6-8-15(22-3)9-7-14/h6-12,21H,4-5H2,1-3H3/b20-12+. The largest absolute Gasteiger partial charge is 0.497 e. The van der Waals surface area contributed by atoms with Gasteiger partial charge in [-0.25, -0.2) is 0 Å². The molecule has 0 heterocycles. The fraction of sp³-hybridized carbons (Fsp3) is 0.278. The Morgan fingerprint density at radius 2 is 1.79 bits per heavy atom. The molecule has 0 saturated heterocycles. The van der Waals surface area contributed by atoms with E-state index in [2.05, 4.69) is 10.5 Å². The van der Waals surface area contributed by atoms with Gasteiger partial charge in [0.1, 0.15) is 5.75 Å². The lowest BCUT2D eigenvalue weighted by Gasteiger charge is -2.13. The normalized spacial score (nSPS) is 10.7. The summed E-state index contributed by atoms with van der Waals surface area (Å²) in [5, 5.41) is 4.71. The van der Waals surface area contributed by atoms with E-state index in [4.69, 9.17) is 25.8 Å². The van der Waals surface area contributed by atoms with Crippen LogP contribution in [0, 0.1) is 0 Å². The minimum Gasteiger partial charge on any atom is -0.497 e. The Morgan fingerprint density at radius 3 is 2.42 bits per heavy atom. The van der Waals surface area contributed by atoms with Crippen molar-refractivity contribution in [2.24, 2.45) is 5.10 Å². The number of hydrogen-bond donors (Lipinski definition) is 1. The SMILES string of the molecule is CCOc1cc(/C=N/Nc2ccc(OC)cc2)cc(Cl)c1OCC. The quantitative estimate of drug-likeness (QED) is 0.560. The second-order valence-corrected chi connectivity index (χ2v) is 5.20. The highest BCUT2D eigenvalue weighted by atomic mass is 35.5. The third-order valence-electron chi connectivity index (χ3n) is 3.12. The van der Waals surface area contributed by atoms with Crippen molar-refractivity contribution >= 4 is 23.5 Å². The monoisotopic (exact) mass is 348 g/mol. The molecule has 0 bridgehead atoms. The Morgan fingerprint density at radius 1 is 1.08 bits per heavy atom. The average molecular weight is 349 g/mol. The Bertz CT molecular complexity index is 687. The van der Waals surface area contributed by atoms with Crippen molar-refractivity contribution in [1.29, 1.82) is 0 Å². The van der Waals surface area contributed by atoms with Crippen molar-refractivity contribution in [3.8, 4) is 17.2 Å². The zero-order chi connectivity index (χ0) is 17.4. The number of benzene rings is 2. The van der Waals surface area contributed by atoms with E-state index in [-0.39, 0.29) is 0 Å². The molecule has 24 heavy (non-hydrogen) atoms. The first-order valence-corrected chi connectivity index (χ1v) is 8.08. The Hall–Kier alpha value is -2.40. The number of halogens is 1. The topological polar surface area (TPSA) is 52.1 Å². The van der Waals surface area contributed by atoms with E-state index in [1.807, 2.05) is 44.2 Å². The molecule has 0 aliphatic heterocycles. The summed E-state index contributed by atoms with van der Waals surface area (Å²) < 4.78 is 16.3. The summed E-state index contributed by atoms with van der Waals surface area (Å²) in [7, 11) is 1.63. The fourth-order valence-electron chi connectivity index (χ4n) is 2.06. The second kappa shape index (κ2) is 9.03. The van der Waals surface area contributed by atoms with E-state index in [9.17, 15) is 0 Å². The summed E-state index contributed by atoms with van der Waals surface area (Å²) in [6.07, 6.45) is 1.67. The number of nitrogens with zero attached hydrogens (tertiary/aromatic N) is 1. The number of ether oxygens (including phenoxy) is 3. The molecule has 0 aliphatic rings. The first-order chi connectivity index (χ1) is 11.7. The summed E-state index contributed by atoms with van der Waals surface area (Å²) in [6, 6.07) is 11.1. The molecule has 0 unspecified atom stereocenters. The summed E-state index contributed by atoms with van der Waals surface area (Å²) in [4.78, 5) is 0. The lowest BCUT2D eigenvalue weighted by Crippen LogP contribution is -2.00. The number of rotatable bonds is 8. The van der Waals surface area contributed by atoms with E-state index in [0.29, 0.717) is 29.7 Å². The van der Waals surface area contributed by atoms with Crippen LogP contribution in [0.1, 0.15) is 19.4 Å². The maximum Gasteiger partial charge on any atom is 0.179 e. The van der Waals surface area contributed by atoms with Crippen LogP contribution in [-0.4, -0.2) is 26.5 Å². The van der Waals surface area contributed by atoms with Gasteiger partial charge in [-0.3, -0.25) is 5.43 Å². The molecule has 0 amide bonds. The van der Waals surface area contributed by atoms with Crippen molar-refractivity contribution < 1.29 is 14.2 Å². The molecule has 2 aromatic carbocycles. The molecule has 0 fully saturated rings. The molecule has 2 aromatic rings. The molecule has 0 aliphatic carbocycles. The van der Waals surface area contributed by atoms with Gasteiger partial charge in [0.2, 0.25) is 0 Å². The molecule has 0 saturated carbocycles. The third-order valence-corrected chi connectivity index (χ3v) is 3.40. The van der Waals surface area contributed by atoms with Gasteiger partial charge in [0, 0.05) is 0 Å². The van der Waals surface area contributed by atoms with Crippen molar-refractivity contribution in [1.82, 2.24) is 0 Å². The lowest BCUT2D eigenvalue weighted by atomic mass is 10.2. The number of methoxy groups -OCH3 is 1. The third kappa shape index (κ3) is 4.80. The van der Waals surface area contributed by atoms with Crippen LogP contribution in [0.25, 0.3) is 0 Å². The highest BCUT2D eigenvalue weighted by Crippen LogP contribution is 2.36. The Labute approximate surface area is 147 Å². The van der Waals surface area contributed by atoms with E-state index >= 15 is 0 Å². The van der Waals surface area contributed by atoms with E-state index in [0.717, 1.165) is 17.0 Å². The van der Waals surface area contributed by atoms with Crippen molar-refractivity contribution in [3.63, 3.8) is 0 Å². The first kappa shape index (κ1) is 17.9. The second-order valence-electron chi connectivity index (χ2n) is 4.79. The van der Waals surface area contributed by atoms with Gasteiger partial charge in [0.25, 0.3) is 0 Å². The van der Waals surface area contributed by atoms with E-state index in [1.165, 1.54) is 0 Å². The molecule has 5 nitrogen and oxygen atoms in total. The number of nitrogens with one attached hydrogen (secondary N) is 1. The predicted molar refractivity (Wildman–Crippen MR) is 98.0 cm³/mol. The van der Waals surface area contributed by atoms with Crippen LogP contribution in [0.3, 0.4) is 0 Å². The van der Waals surface area contributed by atoms with Crippen LogP contribution in [0.2, 0.25) is 5.02 Å². The zero-order valence-electron chi connectivity index (χ0n) is 14.0. The number of hydrogen-bond acceptors (Lipinski definition) is 5. The summed E-state index contributed by atoms with van der Waals surface area (Å²) in [5.74, 6) is 1.96. The summed E-state index contributed by atoms with van der Waals surface area (Å²) in [6.45, 7) is 4.86. The number of anilines is 1. The van der Waals surface area contributed by atoms with Crippen molar-refractivity contribution in [3.05, 3.63) is 47.0 Å². The van der Waals surface area contributed by atoms with Gasteiger partial charge in [0.15, 0.2) is 11.5 Å². The van der Waals surface area contributed by atoms with E-state index < -0.39 is 0 Å². The molecular formula is C18H21ClN2O3. The molecule has 0 spiro atoms. The van der Waals surface area contributed by atoms with Crippen LogP contribution in [0.5, 0.6) is 17.2 Å². The fourth-order valence-corrected chi connectivity index (χ4v) is 2.33. The highest BCUT2D eigenvalue weighted by Gasteiger charge is 2.11. The van der Waals surface area contributed by atoms with Crippen molar-refractivity contribution in [2.45, 2.75) is 13.8 Å². The minimum absolute atomic E-state index is 0.494. The maximum atomic E-state index is 6.28. The molecule has 0 aromatic heterocycles. The lowest BCUT2D eigenvalue weighted by molar-refractivity contribution is 0.288. The summed E-state index contributed by atoms with van der Waals surface area (Å²) in [5.41, 5.74) is 4.62. The van der Waals surface area contributed by atoms with Gasteiger partial charge in [-0.1, -0.05) is 11.6 Å². The van der Waals surface area contributed by atoms with Crippen LogP contribution in [0.15, 0.2) is 41.5 Å². The van der Waals surface area contributed by atoms with Crippen LogP contribution < -0.4 is 19.6 Å². The van der Waals surface area contributed by atoms with Gasteiger partial charge in [-0.2, -0.15) is 5.10 Å². The predicted octanol–water partition coefficient (Wildman–Crippen LogP) is 4.59. The molecule has 0 radical (unpaired) electrons. The van der Waals surface area contributed by atoms with Gasteiger partial charge >= 0.3 is 0 Å². The molecule has 1 N–H and O–H groups in total.